The summed E-state index contributed by atoms with van der Waals surface area (Å²) in [5, 5.41) is 0.644. The van der Waals surface area contributed by atoms with E-state index < -0.39 is 0 Å². The third-order valence-electron chi connectivity index (χ3n) is 2.38. The largest absolute Gasteiger partial charge is 0.493 e. The van der Waals surface area contributed by atoms with Gasteiger partial charge >= 0.3 is 0 Å². The van der Waals surface area contributed by atoms with Gasteiger partial charge in [0, 0.05) is 16.7 Å². The quantitative estimate of drug-likeness (QED) is 0.809. The molecule has 0 aliphatic rings. The molecule has 4 nitrogen and oxygen atoms in total. The maximum absolute atomic E-state index is 6.10. The molecule has 16 heavy (non-hydrogen) atoms. The standard InChI is InChI=1S/C11H16ClNO3/c1-7-8(6-13-16-4)11(15-3)10(14-2)5-9(7)12/h5,13H,6H2,1-4H3. The van der Waals surface area contributed by atoms with E-state index in [0.29, 0.717) is 23.1 Å². The minimum atomic E-state index is 0.502. The van der Waals surface area contributed by atoms with E-state index in [4.69, 9.17) is 25.9 Å². The Morgan fingerprint density at radius 2 is 1.94 bits per heavy atom. The molecule has 1 N–H and O–H groups in total. The zero-order valence-electron chi connectivity index (χ0n) is 9.89. The van der Waals surface area contributed by atoms with Crippen molar-refractivity contribution in [2.75, 3.05) is 21.3 Å². The van der Waals surface area contributed by atoms with Crippen molar-refractivity contribution in [1.82, 2.24) is 5.48 Å². The molecule has 0 spiro atoms. The highest BCUT2D eigenvalue weighted by atomic mass is 35.5. The van der Waals surface area contributed by atoms with Crippen LogP contribution < -0.4 is 15.0 Å². The summed E-state index contributed by atoms with van der Waals surface area (Å²) in [6.45, 7) is 2.43. The molecule has 0 radical (unpaired) electrons. The van der Waals surface area contributed by atoms with E-state index in [0.717, 1.165) is 11.1 Å². The fraction of sp³-hybridized carbons (Fsp3) is 0.455. The van der Waals surface area contributed by atoms with E-state index in [1.807, 2.05) is 6.92 Å². The fourth-order valence-corrected chi connectivity index (χ4v) is 1.70. The van der Waals surface area contributed by atoms with Crippen LogP contribution in [-0.2, 0) is 11.4 Å². The highest BCUT2D eigenvalue weighted by molar-refractivity contribution is 6.31. The van der Waals surface area contributed by atoms with E-state index >= 15 is 0 Å². The van der Waals surface area contributed by atoms with Crippen molar-refractivity contribution in [3.63, 3.8) is 0 Å². The minimum absolute atomic E-state index is 0.502. The van der Waals surface area contributed by atoms with Gasteiger partial charge in [-0.15, -0.1) is 0 Å². The van der Waals surface area contributed by atoms with Gasteiger partial charge in [0.05, 0.1) is 27.9 Å². The van der Waals surface area contributed by atoms with E-state index in [1.165, 1.54) is 0 Å². The summed E-state index contributed by atoms with van der Waals surface area (Å²) in [6.07, 6.45) is 0. The first-order valence-electron chi connectivity index (χ1n) is 4.81. The molecule has 0 atom stereocenters. The molecule has 1 rings (SSSR count). The van der Waals surface area contributed by atoms with Crippen LogP contribution in [0, 0.1) is 6.92 Å². The van der Waals surface area contributed by atoms with Crippen LogP contribution in [-0.4, -0.2) is 21.3 Å². The first-order valence-corrected chi connectivity index (χ1v) is 5.19. The molecule has 0 unspecified atom stereocenters. The molecule has 1 aromatic carbocycles. The van der Waals surface area contributed by atoms with Gasteiger partial charge in [-0.3, -0.25) is 0 Å². The Bertz CT molecular complexity index is 369. The maximum atomic E-state index is 6.10. The number of benzene rings is 1. The van der Waals surface area contributed by atoms with Crippen LogP contribution in [0.3, 0.4) is 0 Å². The van der Waals surface area contributed by atoms with Gasteiger partial charge in [-0.1, -0.05) is 11.6 Å². The molecule has 90 valence electrons. The maximum Gasteiger partial charge on any atom is 0.165 e. The average Bonchev–Trinajstić information content (AvgIpc) is 2.30. The summed E-state index contributed by atoms with van der Waals surface area (Å²) in [5.74, 6) is 1.29. The number of ether oxygens (including phenoxy) is 2. The molecule has 0 amide bonds. The number of hydrogen-bond donors (Lipinski definition) is 1. The Balaban J connectivity index is 3.23. The molecule has 0 bridgehead atoms. The molecular weight excluding hydrogens is 230 g/mol. The van der Waals surface area contributed by atoms with Crippen molar-refractivity contribution in [3.8, 4) is 11.5 Å². The predicted octanol–water partition coefficient (Wildman–Crippen LogP) is 2.32. The van der Waals surface area contributed by atoms with Crippen LogP contribution in [0.4, 0.5) is 0 Å². The lowest BCUT2D eigenvalue weighted by atomic mass is 10.1. The molecule has 0 heterocycles. The molecule has 0 aliphatic carbocycles. The lowest BCUT2D eigenvalue weighted by Crippen LogP contribution is -2.13. The van der Waals surface area contributed by atoms with E-state index in [9.17, 15) is 0 Å². The second-order valence-electron chi connectivity index (χ2n) is 3.22. The van der Waals surface area contributed by atoms with Crippen molar-refractivity contribution in [2.24, 2.45) is 0 Å². The number of methoxy groups -OCH3 is 2. The highest BCUT2D eigenvalue weighted by Gasteiger charge is 2.15. The predicted molar refractivity (Wildman–Crippen MR) is 63.1 cm³/mol. The molecule has 0 aromatic heterocycles. The van der Waals surface area contributed by atoms with Gasteiger partial charge in [-0.25, -0.2) is 0 Å². The van der Waals surface area contributed by atoms with E-state index in [2.05, 4.69) is 5.48 Å². The summed E-state index contributed by atoms with van der Waals surface area (Å²) >= 11 is 6.10. The Morgan fingerprint density at radius 1 is 1.25 bits per heavy atom. The first kappa shape index (κ1) is 13.1. The van der Waals surface area contributed by atoms with Gasteiger partial charge in [-0.05, 0) is 12.5 Å². The molecule has 0 saturated heterocycles. The zero-order chi connectivity index (χ0) is 12.1. The van der Waals surface area contributed by atoms with Crippen molar-refractivity contribution in [2.45, 2.75) is 13.5 Å². The number of halogens is 1. The fourth-order valence-electron chi connectivity index (χ4n) is 1.48. The van der Waals surface area contributed by atoms with Crippen molar-refractivity contribution in [1.29, 1.82) is 0 Å². The van der Waals surface area contributed by atoms with Crippen LogP contribution >= 0.6 is 11.6 Å². The van der Waals surface area contributed by atoms with Gasteiger partial charge in [-0.2, -0.15) is 5.48 Å². The van der Waals surface area contributed by atoms with Gasteiger partial charge in [0.25, 0.3) is 0 Å². The third-order valence-corrected chi connectivity index (χ3v) is 2.78. The lowest BCUT2D eigenvalue weighted by molar-refractivity contribution is 0.0859. The SMILES string of the molecule is CONCc1c(C)c(Cl)cc(OC)c1OC. The molecule has 0 saturated carbocycles. The number of rotatable bonds is 5. The molecule has 5 heteroatoms. The number of hydrogen-bond acceptors (Lipinski definition) is 4. The van der Waals surface area contributed by atoms with Gasteiger partial charge < -0.3 is 14.3 Å². The van der Waals surface area contributed by atoms with Crippen LogP contribution in [0.5, 0.6) is 11.5 Å². The van der Waals surface area contributed by atoms with E-state index in [-0.39, 0.29) is 0 Å². The Hall–Kier alpha value is -0.970. The van der Waals surface area contributed by atoms with Crippen molar-refractivity contribution >= 4 is 11.6 Å². The zero-order valence-corrected chi connectivity index (χ0v) is 10.6. The summed E-state index contributed by atoms with van der Waals surface area (Å²) in [5.41, 5.74) is 4.64. The number of nitrogens with one attached hydrogen (secondary N) is 1. The Kier molecular flexibility index (Phi) is 4.86. The monoisotopic (exact) mass is 245 g/mol. The van der Waals surface area contributed by atoms with Gasteiger partial charge in [0.2, 0.25) is 0 Å². The summed E-state index contributed by atoms with van der Waals surface area (Å²) in [4.78, 5) is 4.82. The summed E-state index contributed by atoms with van der Waals surface area (Å²) < 4.78 is 10.5. The van der Waals surface area contributed by atoms with Crippen molar-refractivity contribution < 1.29 is 14.3 Å². The number of hydroxylamine groups is 1. The van der Waals surface area contributed by atoms with E-state index in [1.54, 1.807) is 27.4 Å². The topological polar surface area (TPSA) is 39.7 Å². The molecule has 0 aliphatic heterocycles. The second-order valence-corrected chi connectivity index (χ2v) is 3.63. The normalized spacial score (nSPS) is 10.3. The summed E-state index contributed by atoms with van der Waals surface area (Å²) in [7, 11) is 4.74. The lowest BCUT2D eigenvalue weighted by Gasteiger charge is -2.16. The Labute approximate surface area is 100 Å². The van der Waals surface area contributed by atoms with Crippen LogP contribution in [0.2, 0.25) is 5.02 Å². The van der Waals surface area contributed by atoms with Crippen LogP contribution in [0.15, 0.2) is 6.07 Å². The summed E-state index contributed by atoms with van der Waals surface area (Å²) in [6, 6.07) is 1.74. The molecular formula is C11H16ClNO3. The Morgan fingerprint density at radius 3 is 2.44 bits per heavy atom. The third kappa shape index (κ3) is 2.58. The smallest absolute Gasteiger partial charge is 0.165 e. The first-order chi connectivity index (χ1) is 7.65. The average molecular weight is 246 g/mol. The highest BCUT2D eigenvalue weighted by Crippen LogP contribution is 2.37. The van der Waals surface area contributed by atoms with Crippen molar-refractivity contribution in [3.05, 3.63) is 22.2 Å². The van der Waals surface area contributed by atoms with Crippen LogP contribution in [0.1, 0.15) is 11.1 Å². The van der Waals surface area contributed by atoms with Gasteiger partial charge in [0.1, 0.15) is 0 Å². The minimum Gasteiger partial charge on any atom is -0.493 e. The molecule has 0 fully saturated rings. The van der Waals surface area contributed by atoms with Gasteiger partial charge in [0.15, 0.2) is 11.5 Å². The van der Waals surface area contributed by atoms with Crippen LogP contribution in [0.25, 0.3) is 0 Å². The molecule has 1 aromatic rings. The second kappa shape index (κ2) is 5.94.